The Kier molecular flexibility index (Phi) is 6.34. The van der Waals surface area contributed by atoms with Crippen molar-refractivity contribution in [1.29, 1.82) is 0 Å². The summed E-state index contributed by atoms with van der Waals surface area (Å²) >= 11 is -2.21. The van der Waals surface area contributed by atoms with Crippen LogP contribution in [0.2, 0.25) is 0 Å². The lowest BCUT2D eigenvalue weighted by atomic mass is 10.4. The van der Waals surface area contributed by atoms with E-state index < -0.39 is 11.4 Å². The van der Waals surface area contributed by atoms with Crippen LogP contribution in [0.25, 0.3) is 0 Å². The van der Waals surface area contributed by atoms with Crippen LogP contribution in [-0.2, 0) is 20.3 Å². The highest BCUT2D eigenvalue weighted by molar-refractivity contribution is 7.74. The molecule has 0 saturated carbocycles. The lowest BCUT2D eigenvalue weighted by Crippen LogP contribution is -2.16. The molecule has 0 heterocycles. The molecule has 0 aliphatic heterocycles. The van der Waals surface area contributed by atoms with E-state index >= 15 is 0 Å². The number of hydrogen-bond donors (Lipinski definition) is 1. The third-order valence-corrected chi connectivity index (χ3v) is 1.33. The van der Waals surface area contributed by atoms with E-state index in [2.05, 4.69) is 10.8 Å². The van der Waals surface area contributed by atoms with E-state index in [1.807, 2.05) is 0 Å². The van der Waals surface area contributed by atoms with Gasteiger partial charge in [-0.3, -0.25) is 8.74 Å². The Morgan fingerprint density at radius 2 is 2.45 bits per heavy atom. The second-order valence-electron chi connectivity index (χ2n) is 1.95. The Bertz CT molecular complexity index is 137. The number of ether oxygens (including phenoxy) is 1. The van der Waals surface area contributed by atoms with Crippen molar-refractivity contribution in [2.45, 2.75) is 13.0 Å². The average molecular weight is 180 g/mol. The van der Waals surface area contributed by atoms with Crippen LogP contribution in [0.5, 0.6) is 0 Å². The molecule has 0 aliphatic rings. The average Bonchev–Trinajstić information content (AvgIpc) is 1.86. The summed E-state index contributed by atoms with van der Waals surface area (Å²) in [6.45, 7) is 5.81. The monoisotopic (exact) mass is 180 g/mol. The summed E-state index contributed by atoms with van der Waals surface area (Å²) < 4.78 is 27.7. The Labute approximate surface area is 68.7 Å². The standard InChI is InChI=1S/C6H12O4S/c1-3-4-9-5-6(2)10-11(7)8/h3,6H,1,4-5H2,2H3,(H,7,8). The molecule has 0 bridgehead atoms. The van der Waals surface area contributed by atoms with Crippen LogP contribution < -0.4 is 0 Å². The summed E-state index contributed by atoms with van der Waals surface area (Å²) in [4.78, 5) is 0. The van der Waals surface area contributed by atoms with Crippen molar-refractivity contribution in [3.8, 4) is 0 Å². The van der Waals surface area contributed by atoms with E-state index in [9.17, 15) is 4.21 Å². The fraction of sp³-hybridized carbons (Fsp3) is 0.667. The van der Waals surface area contributed by atoms with Crippen molar-refractivity contribution < 1.29 is 17.7 Å². The molecule has 4 nitrogen and oxygen atoms in total. The maximum atomic E-state index is 10.1. The minimum absolute atomic E-state index is 0.290. The molecule has 0 spiro atoms. The van der Waals surface area contributed by atoms with Crippen molar-refractivity contribution in [1.82, 2.24) is 0 Å². The van der Waals surface area contributed by atoms with Gasteiger partial charge < -0.3 is 4.74 Å². The van der Waals surface area contributed by atoms with Gasteiger partial charge in [-0.15, -0.1) is 6.58 Å². The van der Waals surface area contributed by atoms with Gasteiger partial charge in [0.15, 0.2) is 0 Å². The zero-order chi connectivity index (χ0) is 8.69. The van der Waals surface area contributed by atoms with Crippen LogP contribution in [0, 0.1) is 0 Å². The molecular weight excluding hydrogens is 168 g/mol. The molecular formula is C6H12O4S. The molecule has 2 unspecified atom stereocenters. The second-order valence-corrected chi connectivity index (χ2v) is 2.58. The van der Waals surface area contributed by atoms with Gasteiger partial charge in [0.05, 0.1) is 19.3 Å². The molecule has 0 aromatic rings. The van der Waals surface area contributed by atoms with Crippen LogP contribution in [0.15, 0.2) is 12.7 Å². The van der Waals surface area contributed by atoms with Gasteiger partial charge in [-0.1, -0.05) is 6.08 Å². The summed E-state index contributed by atoms with van der Waals surface area (Å²) in [7, 11) is 0. The van der Waals surface area contributed by atoms with Crippen LogP contribution in [0.3, 0.4) is 0 Å². The zero-order valence-electron chi connectivity index (χ0n) is 6.36. The number of rotatable bonds is 6. The van der Waals surface area contributed by atoms with Gasteiger partial charge in [0, 0.05) is 0 Å². The van der Waals surface area contributed by atoms with Gasteiger partial charge in [-0.25, -0.2) is 0 Å². The van der Waals surface area contributed by atoms with E-state index in [4.69, 9.17) is 9.29 Å². The molecule has 0 rings (SSSR count). The Hall–Kier alpha value is -0.230. The van der Waals surface area contributed by atoms with Crippen molar-refractivity contribution in [2.75, 3.05) is 13.2 Å². The fourth-order valence-electron chi connectivity index (χ4n) is 0.486. The van der Waals surface area contributed by atoms with E-state index in [0.29, 0.717) is 13.2 Å². The van der Waals surface area contributed by atoms with Crippen LogP contribution >= 0.6 is 0 Å². The molecule has 0 aromatic carbocycles. The SMILES string of the molecule is C=CCOCC(C)OS(=O)O. The predicted molar refractivity (Wildman–Crippen MR) is 42.3 cm³/mol. The molecule has 0 saturated heterocycles. The lowest BCUT2D eigenvalue weighted by molar-refractivity contribution is 0.0761. The van der Waals surface area contributed by atoms with Crippen molar-refractivity contribution in [3.05, 3.63) is 12.7 Å². The summed E-state index contributed by atoms with van der Waals surface area (Å²) in [6.07, 6.45) is 1.23. The van der Waals surface area contributed by atoms with Gasteiger partial charge in [0.25, 0.3) is 0 Å². The lowest BCUT2D eigenvalue weighted by Gasteiger charge is -2.07. The van der Waals surface area contributed by atoms with E-state index in [-0.39, 0.29) is 6.10 Å². The van der Waals surface area contributed by atoms with Gasteiger partial charge in [0.1, 0.15) is 0 Å². The van der Waals surface area contributed by atoms with Gasteiger partial charge in [-0.2, -0.15) is 4.21 Å². The minimum Gasteiger partial charge on any atom is -0.375 e. The predicted octanol–water partition coefficient (Wildman–Crippen LogP) is 0.731. The molecule has 5 heteroatoms. The highest BCUT2D eigenvalue weighted by atomic mass is 32.2. The van der Waals surface area contributed by atoms with Crippen molar-refractivity contribution in [2.24, 2.45) is 0 Å². The first-order chi connectivity index (χ1) is 5.16. The quantitative estimate of drug-likeness (QED) is 0.372. The molecule has 11 heavy (non-hydrogen) atoms. The molecule has 0 aliphatic carbocycles. The molecule has 2 atom stereocenters. The zero-order valence-corrected chi connectivity index (χ0v) is 7.17. The maximum Gasteiger partial charge on any atom is 0.302 e. The maximum absolute atomic E-state index is 10.1. The highest BCUT2D eigenvalue weighted by Crippen LogP contribution is 1.93. The van der Waals surface area contributed by atoms with Crippen molar-refractivity contribution in [3.63, 3.8) is 0 Å². The fourth-order valence-corrected chi connectivity index (χ4v) is 0.822. The topological polar surface area (TPSA) is 55.8 Å². The Balaban J connectivity index is 3.28. The van der Waals surface area contributed by atoms with E-state index in [1.165, 1.54) is 0 Å². The largest absolute Gasteiger partial charge is 0.375 e. The molecule has 0 radical (unpaired) electrons. The third kappa shape index (κ3) is 7.67. The molecule has 1 N–H and O–H groups in total. The Morgan fingerprint density at radius 3 is 2.91 bits per heavy atom. The third-order valence-electron chi connectivity index (χ3n) is 0.835. The van der Waals surface area contributed by atoms with Gasteiger partial charge >= 0.3 is 11.4 Å². The van der Waals surface area contributed by atoms with Crippen LogP contribution in [0.1, 0.15) is 6.92 Å². The first-order valence-corrected chi connectivity index (χ1v) is 4.16. The van der Waals surface area contributed by atoms with Crippen LogP contribution in [-0.4, -0.2) is 28.1 Å². The van der Waals surface area contributed by atoms with Crippen molar-refractivity contribution >= 4 is 11.4 Å². The first kappa shape index (κ1) is 10.8. The molecule has 0 fully saturated rings. The second kappa shape index (κ2) is 6.48. The summed E-state index contributed by atoms with van der Waals surface area (Å²) in [5.74, 6) is 0. The molecule has 0 amide bonds. The van der Waals surface area contributed by atoms with E-state index in [0.717, 1.165) is 0 Å². The summed E-state index contributed by atoms with van der Waals surface area (Å²) in [5.41, 5.74) is 0. The first-order valence-electron chi connectivity index (χ1n) is 3.13. The molecule has 0 aromatic heterocycles. The minimum atomic E-state index is -2.21. The van der Waals surface area contributed by atoms with Gasteiger partial charge in [-0.05, 0) is 6.92 Å². The Morgan fingerprint density at radius 1 is 1.82 bits per heavy atom. The van der Waals surface area contributed by atoms with Crippen LogP contribution in [0.4, 0.5) is 0 Å². The highest BCUT2D eigenvalue weighted by Gasteiger charge is 2.04. The normalized spacial score (nSPS) is 15.8. The number of hydrogen-bond acceptors (Lipinski definition) is 3. The summed E-state index contributed by atoms with van der Waals surface area (Å²) in [5, 5.41) is 0. The summed E-state index contributed by atoms with van der Waals surface area (Å²) in [6, 6.07) is 0. The molecule has 66 valence electrons. The van der Waals surface area contributed by atoms with E-state index in [1.54, 1.807) is 13.0 Å². The van der Waals surface area contributed by atoms with Gasteiger partial charge in [0.2, 0.25) is 0 Å². The smallest absolute Gasteiger partial charge is 0.302 e.